The van der Waals surface area contributed by atoms with E-state index in [2.05, 4.69) is 25.5 Å². The second kappa shape index (κ2) is 6.73. The van der Waals surface area contributed by atoms with Gasteiger partial charge in [-0.3, -0.25) is 4.72 Å². The van der Waals surface area contributed by atoms with E-state index < -0.39 is 10.0 Å². The number of rotatable bonds is 3. The van der Waals surface area contributed by atoms with Gasteiger partial charge in [-0.05, 0) is 85.9 Å². The molecule has 0 fully saturated rings. The molecular weight excluding hydrogens is 342 g/mol. The molecule has 2 aromatic carbocycles. The molecule has 2 rings (SSSR count). The Kier molecular flexibility index (Phi) is 5.31. The van der Waals surface area contributed by atoms with Crippen LogP contribution in [0.25, 0.3) is 0 Å². The minimum absolute atomic E-state index is 0.160. The Morgan fingerprint density at radius 1 is 0.769 bits per heavy atom. The van der Waals surface area contributed by atoms with Crippen molar-refractivity contribution in [3.8, 4) is 0 Å². The fraction of sp³-hybridized carbons (Fsp3) is 0.455. The highest BCUT2D eigenvalue weighted by molar-refractivity contribution is 7.92. The van der Waals surface area contributed by atoms with Crippen molar-refractivity contribution in [2.75, 3.05) is 4.72 Å². The number of hydrogen-bond donors (Lipinski definition) is 1. The molecule has 0 amide bonds. The van der Waals surface area contributed by atoms with Crippen molar-refractivity contribution < 1.29 is 8.42 Å². The number of nitrogens with one attached hydrogen (secondary N) is 1. The molecule has 0 aliphatic rings. The molecule has 0 spiro atoms. The first-order chi connectivity index (χ1) is 11.8. The lowest BCUT2D eigenvalue weighted by molar-refractivity contribution is 0.589. The lowest BCUT2D eigenvalue weighted by atomic mass is 9.85. The van der Waals surface area contributed by atoms with E-state index >= 15 is 0 Å². The third kappa shape index (κ3) is 3.52. The summed E-state index contributed by atoms with van der Waals surface area (Å²) >= 11 is 0. The monoisotopic (exact) mass is 373 g/mol. The van der Waals surface area contributed by atoms with Gasteiger partial charge >= 0.3 is 0 Å². The van der Waals surface area contributed by atoms with E-state index in [1.807, 2.05) is 59.7 Å². The van der Waals surface area contributed by atoms with E-state index in [1.54, 1.807) is 0 Å². The summed E-state index contributed by atoms with van der Waals surface area (Å²) in [6, 6.07) is 5.92. The van der Waals surface area contributed by atoms with Gasteiger partial charge in [-0.1, -0.05) is 39.0 Å². The van der Waals surface area contributed by atoms with E-state index in [-0.39, 0.29) is 5.41 Å². The van der Waals surface area contributed by atoms with Gasteiger partial charge in [0.15, 0.2) is 0 Å². The molecule has 0 atom stereocenters. The first kappa shape index (κ1) is 20.5. The van der Waals surface area contributed by atoms with Crippen molar-refractivity contribution in [3.63, 3.8) is 0 Å². The zero-order valence-corrected chi connectivity index (χ0v) is 18.3. The molecule has 0 aliphatic carbocycles. The van der Waals surface area contributed by atoms with Crippen molar-refractivity contribution in [1.29, 1.82) is 0 Å². The summed E-state index contributed by atoms with van der Waals surface area (Å²) in [6.45, 7) is 18.0. The van der Waals surface area contributed by atoms with Gasteiger partial charge in [0.1, 0.15) is 0 Å². The van der Waals surface area contributed by atoms with Crippen LogP contribution < -0.4 is 4.72 Å². The molecule has 0 heterocycles. The molecule has 142 valence electrons. The van der Waals surface area contributed by atoms with Gasteiger partial charge in [0, 0.05) is 0 Å². The lowest BCUT2D eigenvalue weighted by Gasteiger charge is -2.26. The number of para-hydroxylation sites is 1. The minimum Gasteiger partial charge on any atom is -0.279 e. The molecule has 0 saturated carbocycles. The largest absolute Gasteiger partial charge is 0.279 e. The summed E-state index contributed by atoms with van der Waals surface area (Å²) in [6.07, 6.45) is 0. The zero-order valence-electron chi connectivity index (χ0n) is 17.5. The summed E-state index contributed by atoms with van der Waals surface area (Å²) < 4.78 is 29.7. The molecule has 0 radical (unpaired) electrons. The van der Waals surface area contributed by atoms with Crippen LogP contribution in [0.4, 0.5) is 5.69 Å². The maximum Gasteiger partial charge on any atom is 0.262 e. The molecule has 0 aliphatic heterocycles. The van der Waals surface area contributed by atoms with Crippen molar-refractivity contribution in [2.24, 2.45) is 0 Å². The van der Waals surface area contributed by atoms with Crippen molar-refractivity contribution >= 4 is 15.7 Å². The Balaban J connectivity index is 2.71. The van der Waals surface area contributed by atoms with Gasteiger partial charge in [0.05, 0.1) is 10.6 Å². The van der Waals surface area contributed by atoms with Gasteiger partial charge in [-0.2, -0.15) is 0 Å². The molecule has 0 bridgehead atoms. The molecule has 4 heteroatoms. The summed E-state index contributed by atoms with van der Waals surface area (Å²) in [5, 5.41) is 0. The second-order valence-corrected chi connectivity index (χ2v) is 9.93. The normalized spacial score (nSPS) is 12.3. The maximum absolute atomic E-state index is 13.4. The quantitative estimate of drug-likeness (QED) is 0.757. The highest BCUT2D eigenvalue weighted by Crippen LogP contribution is 2.35. The van der Waals surface area contributed by atoms with Crippen LogP contribution in [0.15, 0.2) is 23.1 Å². The molecule has 1 N–H and O–H groups in total. The average molecular weight is 374 g/mol. The molecule has 2 aromatic rings. The van der Waals surface area contributed by atoms with Crippen LogP contribution in [0, 0.1) is 41.5 Å². The van der Waals surface area contributed by atoms with E-state index in [9.17, 15) is 8.42 Å². The standard InChI is InChI=1S/C22H31NO2S/c1-13-11-10-12-19(22(7,8)9)20(13)23-26(24,25)21-17(5)15(3)14(2)16(4)18(21)6/h10-12,23H,1-9H3. The van der Waals surface area contributed by atoms with Gasteiger partial charge in [0.25, 0.3) is 10.0 Å². The SMILES string of the molecule is Cc1cccc(C(C)(C)C)c1NS(=O)(=O)c1c(C)c(C)c(C)c(C)c1C. The topological polar surface area (TPSA) is 46.2 Å². The Bertz CT molecular complexity index is 936. The molecule has 26 heavy (non-hydrogen) atoms. The summed E-state index contributed by atoms with van der Waals surface area (Å²) in [7, 11) is -3.69. The predicted octanol–water partition coefficient (Wildman–Crippen LogP) is 5.64. The molecule has 3 nitrogen and oxygen atoms in total. The number of sulfonamides is 1. The Morgan fingerprint density at radius 3 is 1.69 bits per heavy atom. The maximum atomic E-state index is 13.4. The van der Waals surface area contributed by atoms with Crippen molar-refractivity contribution in [3.05, 3.63) is 57.1 Å². The first-order valence-corrected chi connectivity index (χ1v) is 10.5. The van der Waals surface area contributed by atoms with Crippen molar-refractivity contribution in [2.45, 2.75) is 72.6 Å². The second-order valence-electron chi connectivity index (χ2n) is 8.31. The van der Waals surface area contributed by atoms with Crippen LogP contribution >= 0.6 is 0 Å². The molecule has 0 aromatic heterocycles. The molecule has 0 unspecified atom stereocenters. The van der Waals surface area contributed by atoms with Gasteiger partial charge in [-0.25, -0.2) is 8.42 Å². The lowest BCUT2D eigenvalue weighted by Crippen LogP contribution is -2.22. The van der Waals surface area contributed by atoms with Crippen LogP contribution in [0.3, 0.4) is 0 Å². The van der Waals surface area contributed by atoms with E-state index in [1.165, 1.54) is 0 Å². The minimum atomic E-state index is -3.69. The molecule has 0 saturated heterocycles. The van der Waals surface area contributed by atoms with Crippen molar-refractivity contribution in [1.82, 2.24) is 0 Å². The Hall–Kier alpha value is -1.81. The first-order valence-electron chi connectivity index (χ1n) is 8.99. The Labute approximate surface area is 158 Å². The van der Waals surface area contributed by atoms with Gasteiger partial charge in [0.2, 0.25) is 0 Å². The highest BCUT2D eigenvalue weighted by atomic mass is 32.2. The average Bonchev–Trinajstić information content (AvgIpc) is 2.51. The number of anilines is 1. The fourth-order valence-corrected chi connectivity index (χ4v) is 5.24. The van der Waals surface area contributed by atoms with Gasteiger partial charge in [-0.15, -0.1) is 0 Å². The van der Waals surface area contributed by atoms with Crippen LogP contribution in [-0.4, -0.2) is 8.42 Å². The summed E-state index contributed by atoms with van der Waals surface area (Å²) in [4.78, 5) is 0.404. The summed E-state index contributed by atoms with van der Waals surface area (Å²) in [5.41, 5.74) is 7.33. The fourth-order valence-electron chi connectivity index (χ4n) is 3.48. The number of hydrogen-bond acceptors (Lipinski definition) is 2. The smallest absolute Gasteiger partial charge is 0.262 e. The highest BCUT2D eigenvalue weighted by Gasteiger charge is 2.27. The van der Waals surface area contributed by atoms with Crippen LogP contribution in [0.2, 0.25) is 0 Å². The Morgan fingerprint density at radius 2 is 1.23 bits per heavy atom. The summed E-state index contributed by atoms with van der Waals surface area (Å²) in [5.74, 6) is 0. The van der Waals surface area contributed by atoms with E-state index in [4.69, 9.17) is 0 Å². The van der Waals surface area contributed by atoms with Crippen LogP contribution in [0.5, 0.6) is 0 Å². The number of aryl methyl sites for hydroxylation is 1. The van der Waals surface area contributed by atoms with Gasteiger partial charge < -0.3 is 0 Å². The molecular formula is C22H31NO2S. The van der Waals surface area contributed by atoms with E-state index in [0.717, 1.165) is 38.9 Å². The third-order valence-electron chi connectivity index (χ3n) is 5.52. The predicted molar refractivity (Wildman–Crippen MR) is 111 cm³/mol. The van der Waals surface area contributed by atoms with E-state index in [0.29, 0.717) is 10.6 Å². The third-order valence-corrected chi connectivity index (χ3v) is 7.14. The van der Waals surface area contributed by atoms with Crippen LogP contribution in [0.1, 0.15) is 59.7 Å². The zero-order chi connectivity index (χ0) is 20.0. The number of benzene rings is 2. The van der Waals surface area contributed by atoms with Crippen LogP contribution in [-0.2, 0) is 15.4 Å².